The van der Waals surface area contributed by atoms with Crippen LogP contribution in [-0.4, -0.2) is 75.4 Å². The molecule has 2 fully saturated rings. The Bertz CT molecular complexity index is 744. The van der Waals surface area contributed by atoms with E-state index in [1.165, 1.54) is 16.3 Å². The molecule has 2 saturated heterocycles. The highest BCUT2D eigenvalue weighted by Gasteiger charge is 2.42. The number of carbonyl (C=O) groups excluding carboxylic acids is 2. The van der Waals surface area contributed by atoms with Crippen LogP contribution in [0.1, 0.15) is 12.8 Å². The second-order valence-corrected chi connectivity index (χ2v) is 9.50. The van der Waals surface area contributed by atoms with Crippen LogP contribution in [0.5, 0.6) is 0 Å². The number of hydrogen-bond donors (Lipinski definition) is 1. The normalized spacial score (nSPS) is 23.0. The summed E-state index contributed by atoms with van der Waals surface area (Å²) < 4.78 is 31.9. The standard InChI is InChI=1S/C16H23N3O5S2/c1-24-16(21)13-11-18(26(22,23)14-3-2-10-25-14)8-9-19(13)15(20)12-4-6-17-7-5-12/h2-3,10,12-13,17H,4-9,11H2,1H3/t13-/m0/s1. The van der Waals surface area contributed by atoms with E-state index < -0.39 is 22.0 Å². The van der Waals surface area contributed by atoms with Crippen molar-refractivity contribution >= 4 is 33.2 Å². The van der Waals surface area contributed by atoms with Crippen LogP contribution in [0.4, 0.5) is 0 Å². The Hall–Kier alpha value is -1.49. The Labute approximate surface area is 157 Å². The number of methoxy groups -OCH3 is 1. The molecule has 1 atom stereocenters. The fourth-order valence-corrected chi connectivity index (χ4v) is 6.00. The molecule has 8 nitrogen and oxygen atoms in total. The summed E-state index contributed by atoms with van der Waals surface area (Å²) in [5.74, 6) is -0.808. The summed E-state index contributed by atoms with van der Waals surface area (Å²) in [5.41, 5.74) is 0. The van der Waals surface area contributed by atoms with Gasteiger partial charge in [-0.1, -0.05) is 6.07 Å². The smallest absolute Gasteiger partial charge is 0.329 e. The second kappa shape index (κ2) is 8.03. The van der Waals surface area contributed by atoms with Crippen LogP contribution in [0, 0.1) is 5.92 Å². The Kier molecular flexibility index (Phi) is 5.96. The molecule has 0 bridgehead atoms. The fourth-order valence-electron chi connectivity index (χ4n) is 3.42. The number of thiophene rings is 1. The van der Waals surface area contributed by atoms with Gasteiger partial charge in [-0.3, -0.25) is 4.79 Å². The van der Waals surface area contributed by atoms with E-state index in [0.717, 1.165) is 37.3 Å². The van der Waals surface area contributed by atoms with Crippen molar-refractivity contribution in [3.8, 4) is 0 Å². The molecule has 3 rings (SSSR count). The first-order valence-corrected chi connectivity index (χ1v) is 10.9. The van der Waals surface area contributed by atoms with Gasteiger partial charge in [0.15, 0.2) is 0 Å². The molecule has 1 aromatic rings. The summed E-state index contributed by atoms with van der Waals surface area (Å²) in [6, 6.07) is 2.30. The minimum Gasteiger partial charge on any atom is -0.467 e. The molecular weight excluding hydrogens is 378 g/mol. The molecule has 0 spiro atoms. The van der Waals surface area contributed by atoms with Gasteiger partial charge in [0.25, 0.3) is 10.0 Å². The van der Waals surface area contributed by atoms with Gasteiger partial charge in [0.2, 0.25) is 5.91 Å². The molecule has 0 saturated carbocycles. The molecule has 1 amide bonds. The zero-order chi connectivity index (χ0) is 18.7. The van der Waals surface area contributed by atoms with Crippen molar-refractivity contribution in [1.82, 2.24) is 14.5 Å². The summed E-state index contributed by atoms with van der Waals surface area (Å²) in [4.78, 5) is 26.7. The Morgan fingerprint density at radius 3 is 2.62 bits per heavy atom. The maximum Gasteiger partial charge on any atom is 0.329 e. The van der Waals surface area contributed by atoms with Gasteiger partial charge in [0, 0.05) is 25.6 Å². The average molecular weight is 402 g/mol. The minimum absolute atomic E-state index is 0.0797. The molecule has 1 aromatic heterocycles. The third kappa shape index (κ3) is 3.78. The highest BCUT2D eigenvalue weighted by molar-refractivity contribution is 7.91. The fraction of sp³-hybridized carbons (Fsp3) is 0.625. The molecule has 0 aromatic carbocycles. The number of carbonyl (C=O) groups is 2. The minimum atomic E-state index is -3.67. The van der Waals surface area contributed by atoms with Gasteiger partial charge in [-0.25, -0.2) is 13.2 Å². The predicted molar refractivity (Wildman–Crippen MR) is 96.2 cm³/mol. The summed E-state index contributed by atoms with van der Waals surface area (Å²) in [6.07, 6.45) is 1.45. The number of hydrogen-bond acceptors (Lipinski definition) is 7. The first-order valence-electron chi connectivity index (χ1n) is 8.58. The van der Waals surface area contributed by atoms with Gasteiger partial charge in [-0.05, 0) is 37.4 Å². The third-order valence-electron chi connectivity index (χ3n) is 4.88. The van der Waals surface area contributed by atoms with Crippen molar-refractivity contribution in [3.05, 3.63) is 17.5 Å². The van der Waals surface area contributed by atoms with E-state index in [4.69, 9.17) is 4.74 Å². The van der Waals surface area contributed by atoms with Crippen molar-refractivity contribution in [2.45, 2.75) is 23.1 Å². The van der Waals surface area contributed by atoms with Crippen LogP contribution < -0.4 is 5.32 Å². The number of sulfonamides is 1. The lowest BCUT2D eigenvalue weighted by Crippen LogP contribution is -2.60. The quantitative estimate of drug-likeness (QED) is 0.720. The Morgan fingerprint density at radius 2 is 2.00 bits per heavy atom. The van der Waals surface area contributed by atoms with Crippen molar-refractivity contribution < 1.29 is 22.7 Å². The third-order valence-corrected chi connectivity index (χ3v) is 8.12. The van der Waals surface area contributed by atoms with Crippen molar-refractivity contribution in [3.63, 3.8) is 0 Å². The Morgan fingerprint density at radius 1 is 1.27 bits per heavy atom. The second-order valence-electron chi connectivity index (χ2n) is 6.39. The molecule has 26 heavy (non-hydrogen) atoms. The highest BCUT2D eigenvalue weighted by atomic mass is 32.2. The van der Waals surface area contributed by atoms with E-state index in [1.54, 1.807) is 17.5 Å². The number of rotatable bonds is 4. The van der Waals surface area contributed by atoms with Crippen LogP contribution in [0.2, 0.25) is 0 Å². The van der Waals surface area contributed by atoms with Gasteiger partial charge in [0.05, 0.1) is 7.11 Å². The average Bonchev–Trinajstić information content (AvgIpc) is 3.22. The van der Waals surface area contributed by atoms with Crippen LogP contribution in [0.25, 0.3) is 0 Å². The lowest BCUT2D eigenvalue weighted by Gasteiger charge is -2.40. The zero-order valence-corrected chi connectivity index (χ0v) is 16.2. The van der Waals surface area contributed by atoms with E-state index in [2.05, 4.69) is 5.32 Å². The molecule has 0 unspecified atom stereocenters. The maximum atomic E-state index is 12.9. The molecule has 10 heteroatoms. The van der Waals surface area contributed by atoms with E-state index in [0.29, 0.717) is 0 Å². The van der Waals surface area contributed by atoms with Gasteiger partial charge in [-0.2, -0.15) is 4.31 Å². The zero-order valence-electron chi connectivity index (χ0n) is 14.6. The molecule has 3 heterocycles. The van der Waals surface area contributed by atoms with Gasteiger partial charge < -0.3 is 15.0 Å². The lowest BCUT2D eigenvalue weighted by molar-refractivity contribution is -0.157. The summed E-state index contributed by atoms with van der Waals surface area (Å²) in [7, 11) is -2.42. The Balaban J connectivity index is 1.79. The van der Waals surface area contributed by atoms with Crippen LogP contribution in [0.3, 0.4) is 0 Å². The first-order chi connectivity index (χ1) is 12.4. The van der Waals surface area contributed by atoms with Gasteiger partial charge in [-0.15, -0.1) is 11.3 Å². The number of nitrogens with one attached hydrogen (secondary N) is 1. The highest BCUT2D eigenvalue weighted by Crippen LogP contribution is 2.26. The van der Waals surface area contributed by atoms with E-state index >= 15 is 0 Å². The topological polar surface area (TPSA) is 96.0 Å². The number of ether oxygens (including phenoxy) is 1. The largest absolute Gasteiger partial charge is 0.467 e. The van der Waals surface area contributed by atoms with Crippen LogP contribution in [0.15, 0.2) is 21.7 Å². The number of piperazine rings is 1. The van der Waals surface area contributed by atoms with Crippen molar-refractivity contribution in [2.24, 2.45) is 5.92 Å². The molecule has 2 aliphatic rings. The monoisotopic (exact) mass is 401 g/mol. The predicted octanol–water partition coefficient (Wildman–Crippen LogP) is 0.122. The van der Waals surface area contributed by atoms with Crippen LogP contribution >= 0.6 is 11.3 Å². The molecule has 144 valence electrons. The van der Waals surface area contributed by atoms with E-state index in [1.807, 2.05) is 0 Å². The lowest BCUT2D eigenvalue weighted by atomic mass is 9.95. The van der Waals surface area contributed by atoms with E-state index in [-0.39, 0.29) is 35.7 Å². The summed E-state index contributed by atoms with van der Waals surface area (Å²) in [6.45, 7) is 1.82. The van der Waals surface area contributed by atoms with Gasteiger partial charge >= 0.3 is 5.97 Å². The maximum absolute atomic E-state index is 12.9. The van der Waals surface area contributed by atoms with Crippen molar-refractivity contribution in [1.29, 1.82) is 0 Å². The van der Waals surface area contributed by atoms with Crippen LogP contribution in [-0.2, 0) is 24.3 Å². The van der Waals surface area contributed by atoms with Gasteiger partial charge in [0.1, 0.15) is 10.3 Å². The summed E-state index contributed by atoms with van der Waals surface area (Å²) in [5, 5.41) is 4.91. The molecule has 0 aliphatic carbocycles. The SMILES string of the molecule is COC(=O)[C@@H]1CN(S(=O)(=O)c2cccs2)CCN1C(=O)C1CCNCC1. The molecular formula is C16H23N3O5S2. The number of nitrogens with zero attached hydrogens (tertiary/aromatic N) is 2. The number of piperidine rings is 1. The van der Waals surface area contributed by atoms with E-state index in [9.17, 15) is 18.0 Å². The summed E-state index contributed by atoms with van der Waals surface area (Å²) >= 11 is 1.14. The number of amides is 1. The molecule has 1 N–H and O–H groups in total. The molecule has 0 radical (unpaired) electrons. The first kappa shape index (κ1) is 19.3. The van der Waals surface area contributed by atoms with Crippen molar-refractivity contribution in [2.75, 3.05) is 39.8 Å². The molecule has 2 aliphatic heterocycles. The number of esters is 1.